The molecule has 0 spiro atoms. The van der Waals surface area contributed by atoms with E-state index in [1.165, 1.54) is 0 Å². The van der Waals surface area contributed by atoms with E-state index in [1.807, 2.05) is 4.90 Å². The highest BCUT2D eigenvalue weighted by molar-refractivity contribution is 5.92. The molecule has 1 saturated carbocycles. The van der Waals surface area contributed by atoms with Gasteiger partial charge in [0, 0.05) is 38.2 Å². The van der Waals surface area contributed by atoms with E-state index in [-0.39, 0.29) is 29.9 Å². The minimum atomic E-state index is -0.189. The van der Waals surface area contributed by atoms with Gasteiger partial charge in [0.25, 0.3) is 5.91 Å². The molecule has 25 heavy (non-hydrogen) atoms. The standard InChI is InChI=1S/C18H23N3O4/c22-17(20-5-1-2-6-20)13-7-12-9-21(10-16(13)24-12)18(23)14-8-15(25-19-14)11-3-4-11/h8,11-13,16H,1-7,9-10H2. The maximum atomic E-state index is 12.8. The van der Waals surface area contributed by atoms with E-state index < -0.39 is 0 Å². The predicted molar refractivity (Wildman–Crippen MR) is 87.0 cm³/mol. The van der Waals surface area contributed by atoms with Gasteiger partial charge in [-0.2, -0.15) is 0 Å². The molecule has 134 valence electrons. The zero-order valence-electron chi connectivity index (χ0n) is 14.2. The Balaban J connectivity index is 1.27. The molecule has 4 aliphatic rings. The summed E-state index contributed by atoms with van der Waals surface area (Å²) in [5.74, 6) is 1.25. The van der Waals surface area contributed by atoms with Crippen LogP contribution in [0, 0.1) is 5.92 Å². The third kappa shape index (κ3) is 2.74. The highest BCUT2D eigenvalue weighted by Gasteiger charge is 2.47. The molecule has 4 heterocycles. The van der Waals surface area contributed by atoms with Crippen molar-refractivity contribution in [1.29, 1.82) is 0 Å². The minimum Gasteiger partial charge on any atom is -0.370 e. The number of rotatable bonds is 3. The van der Waals surface area contributed by atoms with Gasteiger partial charge in [-0.25, -0.2) is 0 Å². The van der Waals surface area contributed by atoms with Crippen molar-refractivity contribution >= 4 is 11.8 Å². The van der Waals surface area contributed by atoms with Gasteiger partial charge in [0.05, 0.1) is 18.1 Å². The summed E-state index contributed by atoms with van der Waals surface area (Å²) >= 11 is 0. The minimum absolute atomic E-state index is 0.0472. The van der Waals surface area contributed by atoms with Crippen LogP contribution in [-0.4, -0.2) is 65.2 Å². The molecule has 7 heteroatoms. The van der Waals surface area contributed by atoms with Crippen LogP contribution >= 0.6 is 0 Å². The van der Waals surface area contributed by atoms with Gasteiger partial charge in [-0.3, -0.25) is 9.59 Å². The van der Waals surface area contributed by atoms with Crippen LogP contribution in [-0.2, 0) is 9.53 Å². The number of carbonyl (C=O) groups is 2. The highest BCUT2D eigenvalue weighted by atomic mass is 16.5. The summed E-state index contributed by atoms with van der Waals surface area (Å²) < 4.78 is 11.3. The van der Waals surface area contributed by atoms with Gasteiger partial charge in [-0.1, -0.05) is 5.16 Å². The molecule has 2 amide bonds. The summed E-state index contributed by atoms with van der Waals surface area (Å²) in [6, 6.07) is 1.78. The maximum absolute atomic E-state index is 12.8. The second kappa shape index (κ2) is 5.83. The molecule has 1 aromatic heterocycles. The van der Waals surface area contributed by atoms with Crippen molar-refractivity contribution in [1.82, 2.24) is 15.0 Å². The molecule has 2 bridgehead atoms. The predicted octanol–water partition coefficient (Wildman–Crippen LogP) is 1.40. The number of carbonyl (C=O) groups excluding carboxylic acids is 2. The molecule has 1 aliphatic carbocycles. The number of hydrogen-bond acceptors (Lipinski definition) is 5. The average molecular weight is 345 g/mol. The van der Waals surface area contributed by atoms with Crippen molar-refractivity contribution in [2.24, 2.45) is 5.92 Å². The zero-order valence-corrected chi connectivity index (χ0v) is 14.2. The van der Waals surface area contributed by atoms with Crippen LogP contribution in [0.15, 0.2) is 10.6 Å². The molecule has 4 fully saturated rings. The van der Waals surface area contributed by atoms with Crippen LogP contribution < -0.4 is 0 Å². The van der Waals surface area contributed by atoms with Crippen molar-refractivity contribution in [3.63, 3.8) is 0 Å². The molecule has 3 aliphatic heterocycles. The first-order valence-electron chi connectivity index (χ1n) is 9.39. The molecular formula is C18H23N3O4. The maximum Gasteiger partial charge on any atom is 0.276 e. The van der Waals surface area contributed by atoms with E-state index in [1.54, 1.807) is 11.0 Å². The first-order valence-corrected chi connectivity index (χ1v) is 9.39. The molecule has 0 radical (unpaired) electrons. The van der Waals surface area contributed by atoms with Crippen LogP contribution in [0.3, 0.4) is 0 Å². The SMILES string of the molecule is O=C(c1cc(C2CC2)on1)N1CC2CC(C(=O)N3CCCC3)C(C1)O2. The molecule has 3 atom stereocenters. The third-order valence-corrected chi connectivity index (χ3v) is 5.91. The molecule has 0 aromatic carbocycles. The van der Waals surface area contributed by atoms with E-state index >= 15 is 0 Å². The second-order valence-corrected chi connectivity index (χ2v) is 7.77. The summed E-state index contributed by atoms with van der Waals surface area (Å²) in [5, 5.41) is 3.96. The molecule has 0 N–H and O–H groups in total. The van der Waals surface area contributed by atoms with Crippen LogP contribution in [0.5, 0.6) is 0 Å². The van der Waals surface area contributed by atoms with E-state index in [9.17, 15) is 9.59 Å². The monoisotopic (exact) mass is 345 g/mol. The van der Waals surface area contributed by atoms with Crippen molar-refractivity contribution in [2.45, 2.75) is 50.2 Å². The molecule has 3 saturated heterocycles. The number of likely N-dealkylation sites (tertiary alicyclic amines) is 2. The lowest BCUT2D eigenvalue weighted by Crippen LogP contribution is -2.48. The quantitative estimate of drug-likeness (QED) is 0.828. The van der Waals surface area contributed by atoms with Gasteiger partial charge in [-0.05, 0) is 32.1 Å². The molecule has 3 unspecified atom stereocenters. The lowest BCUT2D eigenvalue weighted by Gasteiger charge is -2.32. The van der Waals surface area contributed by atoms with Gasteiger partial charge in [0.15, 0.2) is 5.69 Å². The Morgan fingerprint density at radius 1 is 1.12 bits per heavy atom. The normalized spacial score (nSPS) is 31.6. The van der Waals surface area contributed by atoms with E-state index in [0.29, 0.717) is 24.7 Å². The summed E-state index contributed by atoms with van der Waals surface area (Å²) in [7, 11) is 0. The molecule has 7 nitrogen and oxygen atoms in total. The fraction of sp³-hybridized carbons (Fsp3) is 0.722. The van der Waals surface area contributed by atoms with Gasteiger partial charge in [-0.15, -0.1) is 0 Å². The number of amides is 2. The lowest BCUT2D eigenvalue weighted by atomic mass is 9.99. The fourth-order valence-corrected chi connectivity index (χ4v) is 4.37. The van der Waals surface area contributed by atoms with Crippen molar-refractivity contribution in [3.05, 3.63) is 17.5 Å². The first-order chi connectivity index (χ1) is 12.2. The number of ether oxygens (including phenoxy) is 1. The van der Waals surface area contributed by atoms with Crippen molar-refractivity contribution in [3.8, 4) is 0 Å². The Labute approximate surface area is 146 Å². The number of aromatic nitrogens is 1. The first kappa shape index (κ1) is 15.4. The summed E-state index contributed by atoms with van der Waals surface area (Å²) in [6.45, 7) is 2.71. The molecule has 1 aromatic rings. The number of hydrogen-bond donors (Lipinski definition) is 0. The third-order valence-electron chi connectivity index (χ3n) is 5.91. The van der Waals surface area contributed by atoms with Crippen LogP contribution in [0.25, 0.3) is 0 Å². The van der Waals surface area contributed by atoms with E-state index in [4.69, 9.17) is 9.26 Å². The Bertz CT molecular complexity index is 692. The summed E-state index contributed by atoms with van der Waals surface area (Å²) in [5.41, 5.74) is 0.380. The molecular weight excluding hydrogens is 322 g/mol. The highest BCUT2D eigenvalue weighted by Crippen LogP contribution is 2.40. The van der Waals surface area contributed by atoms with Gasteiger partial charge < -0.3 is 19.1 Å². The summed E-state index contributed by atoms with van der Waals surface area (Å²) in [4.78, 5) is 29.2. The molecule has 5 rings (SSSR count). The number of fused-ring (bicyclic) bond motifs is 2. The van der Waals surface area contributed by atoms with Crippen molar-refractivity contribution in [2.75, 3.05) is 26.2 Å². The van der Waals surface area contributed by atoms with Gasteiger partial charge in [0.1, 0.15) is 5.76 Å². The smallest absolute Gasteiger partial charge is 0.276 e. The lowest BCUT2D eigenvalue weighted by molar-refractivity contribution is -0.137. The van der Waals surface area contributed by atoms with Crippen molar-refractivity contribution < 1.29 is 18.8 Å². The largest absolute Gasteiger partial charge is 0.370 e. The Morgan fingerprint density at radius 3 is 2.68 bits per heavy atom. The second-order valence-electron chi connectivity index (χ2n) is 7.77. The average Bonchev–Trinajstić information content (AvgIpc) is 3.04. The van der Waals surface area contributed by atoms with Crippen LogP contribution in [0.1, 0.15) is 54.3 Å². The Morgan fingerprint density at radius 2 is 1.92 bits per heavy atom. The summed E-state index contributed by atoms with van der Waals surface area (Å²) in [6.07, 6.45) is 4.90. The Hall–Kier alpha value is -1.89. The van der Waals surface area contributed by atoms with Gasteiger partial charge >= 0.3 is 0 Å². The van der Waals surface area contributed by atoms with Gasteiger partial charge in [0.2, 0.25) is 5.91 Å². The van der Waals surface area contributed by atoms with Crippen LogP contribution in [0.4, 0.5) is 0 Å². The van der Waals surface area contributed by atoms with E-state index in [0.717, 1.165) is 51.0 Å². The zero-order chi connectivity index (χ0) is 17.0. The van der Waals surface area contributed by atoms with E-state index in [2.05, 4.69) is 5.16 Å². The Kier molecular flexibility index (Phi) is 3.58. The topological polar surface area (TPSA) is 75.9 Å². The number of nitrogens with zero attached hydrogens (tertiary/aromatic N) is 3. The fourth-order valence-electron chi connectivity index (χ4n) is 4.37. The number of morpholine rings is 1. The van der Waals surface area contributed by atoms with Crippen LogP contribution in [0.2, 0.25) is 0 Å².